The Morgan fingerprint density at radius 1 is 1.47 bits per heavy atom. The van der Waals surface area contributed by atoms with Gasteiger partial charge in [-0.05, 0) is 30.9 Å². The SMILES string of the molecule is COC(=O)C1(C(=O)NCCc2cccnc2)CCC1. The Morgan fingerprint density at radius 2 is 2.26 bits per heavy atom. The van der Waals surface area contributed by atoms with E-state index < -0.39 is 11.4 Å². The highest BCUT2D eigenvalue weighted by atomic mass is 16.5. The van der Waals surface area contributed by atoms with Gasteiger partial charge < -0.3 is 10.1 Å². The van der Waals surface area contributed by atoms with Crippen molar-refractivity contribution < 1.29 is 14.3 Å². The van der Waals surface area contributed by atoms with Crippen molar-refractivity contribution in [2.75, 3.05) is 13.7 Å². The summed E-state index contributed by atoms with van der Waals surface area (Å²) >= 11 is 0. The summed E-state index contributed by atoms with van der Waals surface area (Å²) < 4.78 is 4.73. The van der Waals surface area contributed by atoms with Gasteiger partial charge in [0, 0.05) is 18.9 Å². The molecular weight excluding hydrogens is 244 g/mol. The summed E-state index contributed by atoms with van der Waals surface area (Å²) in [6.07, 6.45) is 6.24. The van der Waals surface area contributed by atoms with E-state index in [-0.39, 0.29) is 5.91 Å². The number of amides is 1. The Morgan fingerprint density at radius 3 is 2.79 bits per heavy atom. The molecule has 1 aromatic heterocycles. The lowest BCUT2D eigenvalue weighted by Crippen LogP contribution is -2.51. The third kappa shape index (κ3) is 2.75. The summed E-state index contributed by atoms with van der Waals surface area (Å²) in [5.74, 6) is -0.632. The maximum atomic E-state index is 12.1. The van der Waals surface area contributed by atoms with Gasteiger partial charge in [-0.25, -0.2) is 0 Å². The van der Waals surface area contributed by atoms with Gasteiger partial charge >= 0.3 is 5.97 Å². The summed E-state index contributed by atoms with van der Waals surface area (Å²) in [5, 5.41) is 2.82. The highest BCUT2D eigenvalue weighted by Crippen LogP contribution is 2.42. The van der Waals surface area contributed by atoms with Crippen LogP contribution in [0.25, 0.3) is 0 Å². The monoisotopic (exact) mass is 262 g/mol. The predicted octanol–water partition coefficient (Wildman–Crippen LogP) is 1.08. The predicted molar refractivity (Wildman–Crippen MR) is 69.3 cm³/mol. The second-order valence-corrected chi connectivity index (χ2v) is 4.79. The molecule has 0 bridgehead atoms. The van der Waals surface area contributed by atoms with E-state index in [1.165, 1.54) is 7.11 Å². The highest BCUT2D eigenvalue weighted by Gasteiger charge is 2.51. The van der Waals surface area contributed by atoms with Crippen LogP contribution in [0.15, 0.2) is 24.5 Å². The molecule has 19 heavy (non-hydrogen) atoms. The molecule has 0 unspecified atom stereocenters. The molecule has 0 spiro atoms. The minimum Gasteiger partial charge on any atom is -0.468 e. The van der Waals surface area contributed by atoms with E-state index >= 15 is 0 Å². The van der Waals surface area contributed by atoms with Crippen LogP contribution in [0.1, 0.15) is 24.8 Å². The Balaban J connectivity index is 1.86. The fourth-order valence-corrected chi connectivity index (χ4v) is 2.29. The van der Waals surface area contributed by atoms with Crippen LogP contribution in [0.4, 0.5) is 0 Å². The van der Waals surface area contributed by atoms with E-state index in [1.54, 1.807) is 12.4 Å². The molecule has 102 valence electrons. The second kappa shape index (κ2) is 5.82. The van der Waals surface area contributed by atoms with E-state index in [4.69, 9.17) is 4.74 Å². The van der Waals surface area contributed by atoms with Crippen LogP contribution in [-0.2, 0) is 20.7 Å². The quantitative estimate of drug-likeness (QED) is 0.637. The normalized spacial score (nSPS) is 16.3. The fraction of sp³-hybridized carbons (Fsp3) is 0.500. The first-order valence-electron chi connectivity index (χ1n) is 6.45. The standard InChI is InChI=1S/C14H18N2O3/c1-19-13(18)14(6-3-7-14)12(17)16-9-5-11-4-2-8-15-10-11/h2,4,8,10H,3,5-7,9H2,1H3,(H,16,17). The van der Waals surface area contributed by atoms with E-state index in [2.05, 4.69) is 10.3 Å². The maximum absolute atomic E-state index is 12.1. The van der Waals surface area contributed by atoms with Gasteiger partial charge in [-0.2, -0.15) is 0 Å². The average molecular weight is 262 g/mol. The lowest BCUT2D eigenvalue weighted by Gasteiger charge is -2.37. The number of carbonyl (C=O) groups is 2. The third-order valence-corrected chi connectivity index (χ3v) is 3.64. The van der Waals surface area contributed by atoms with Crippen LogP contribution in [0, 0.1) is 5.41 Å². The van der Waals surface area contributed by atoms with Crippen molar-refractivity contribution in [3.8, 4) is 0 Å². The molecule has 1 fully saturated rings. The average Bonchev–Trinajstić information content (AvgIpc) is 2.38. The minimum absolute atomic E-state index is 0.213. The largest absolute Gasteiger partial charge is 0.468 e. The molecule has 1 aliphatic rings. The number of esters is 1. The van der Waals surface area contributed by atoms with Gasteiger partial charge in [-0.3, -0.25) is 14.6 Å². The summed E-state index contributed by atoms with van der Waals surface area (Å²) in [6, 6.07) is 3.82. The van der Waals surface area contributed by atoms with E-state index in [1.807, 2.05) is 12.1 Å². The number of hydrogen-bond donors (Lipinski definition) is 1. The number of carbonyl (C=O) groups excluding carboxylic acids is 2. The molecule has 2 rings (SSSR count). The number of nitrogens with zero attached hydrogens (tertiary/aromatic N) is 1. The number of hydrogen-bond acceptors (Lipinski definition) is 4. The second-order valence-electron chi connectivity index (χ2n) is 4.79. The first-order valence-corrected chi connectivity index (χ1v) is 6.45. The number of pyridine rings is 1. The third-order valence-electron chi connectivity index (χ3n) is 3.64. The van der Waals surface area contributed by atoms with Gasteiger partial charge in [0.2, 0.25) is 5.91 Å². The van der Waals surface area contributed by atoms with Gasteiger partial charge in [0.05, 0.1) is 7.11 Å². The highest BCUT2D eigenvalue weighted by molar-refractivity contribution is 6.03. The molecular formula is C14H18N2O3. The molecule has 0 aromatic carbocycles. The Kier molecular flexibility index (Phi) is 4.14. The van der Waals surface area contributed by atoms with Crippen molar-refractivity contribution >= 4 is 11.9 Å². The lowest BCUT2D eigenvalue weighted by atomic mass is 9.68. The van der Waals surface area contributed by atoms with E-state index in [0.717, 1.165) is 12.0 Å². The molecule has 1 aliphatic carbocycles. The van der Waals surface area contributed by atoms with Gasteiger partial charge in [-0.15, -0.1) is 0 Å². The van der Waals surface area contributed by atoms with Crippen molar-refractivity contribution in [1.29, 1.82) is 0 Å². The van der Waals surface area contributed by atoms with Crippen LogP contribution in [0.5, 0.6) is 0 Å². The number of rotatable bonds is 5. The van der Waals surface area contributed by atoms with Gasteiger partial charge in [0.15, 0.2) is 0 Å². The number of ether oxygens (including phenoxy) is 1. The molecule has 5 heteroatoms. The molecule has 0 aliphatic heterocycles. The van der Waals surface area contributed by atoms with Crippen molar-refractivity contribution in [2.45, 2.75) is 25.7 Å². The zero-order chi connectivity index (χ0) is 13.7. The molecule has 0 saturated heterocycles. The van der Waals surface area contributed by atoms with E-state index in [9.17, 15) is 9.59 Å². The van der Waals surface area contributed by atoms with Gasteiger partial charge in [0.1, 0.15) is 5.41 Å². The van der Waals surface area contributed by atoms with Crippen LogP contribution in [-0.4, -0.2) is 30.5 Å². The topological polar surface area (TPSA) is 68.3 Å². The Bertz CT molecular complexity index is 455. The van der Waals surface area contributed by atoms with Gasteiger partial charge in [-0.1, -0.05) is 12.5 Å². The molecule has 1 N–H and O–H groups in total. The zero-order valence-corrected chi connectivity index (χ0v) is 11.0. The van der Waals surface area contributed by atoms with Crippen LogP contribution in [0.3, 0.4) is 0 Å². The summed E-state index contributed by atoms with van der Waals surface area (Å²) in [4.78, 5) is 27.8. The fourth-order valence-electron chi connectivity index (χ4n) is 2.29. The van der Waals surface area contributed by atoms with Crippen LogP contribution >= 0.6 is 0 Å². The summed E-state index contributed by atoms with van der Waals surface area (Å²) in [6.45, 7) is 0.503. The maximum Gasteiger partial charge on any atom is 0.321 e. The van der Waals surface area contributed by atoms with Gasteiger partial charge in [0.25, 0.3) is 0 Å². The number of aromatic nitrogens is 1. The van der Waals surface area contributed by atoms with Crippen molar-refractivity contribution in [3.05, 3.63) is 30.1 Å². The van der Waals surface area contributed by atoms with E-state index in [0.29, 0.717) is 25.8 Å². The lowest BCUT2D eigenvalue weighted by molar-refractivity contribution is -0.165. The zero-order valence-electron chi connectivity index (χ0n) is 11.0. The van der Waals surface area contributed by atoms with Crippen molar-refractivity contribution in [3.63, 3.8) is 0 Å². The minimum atomic E-state index is -0.941. The first kappa shape index (κ1) is 13.5. The Hall–Kier alpha value is -1.91. The molecule has 0 radical (unpaired) electrons. The summed E-state index contributed by atoms with van der Waals surface area (Å²) in [5.41, 5.74) is 0.118. The molecule has 1 amide bonds. The first-order chi connectivity index (χ1) is 9.19. The van der Waals surface area contributed by atoms with Crippen LogP contribution < -0.4 is 5.32 Å². The van der Waals surface area contributed by atoms with Crippen molar-refractivity contribution in [2.24, 2.45) is 5.41 Å². The molecule has 5 nitrogen and oxygen atoms in total. The van der Waals surface area contributed by atoms with Crippen molar-refractivity contribution in [1.82, 2.24) is 10.3 Å². The smallest absolute Gasteiger partial charge is 0.321 e. The number of methoxy groups -OCH3 is 1. The number of nitrogens with one attached hydrogen (secondary N) is 1. The molecule has 1 saturated carbocycles. The molecule has 1 heterocycles. The summed E-state index contributed by atoms with van der Waals surface area (Å²) in [7, 11) is 1.32. The van der Waals surface area contributed by atoms with Crippen LogP contribution in [0.2, 0.25) is 0 Å². The molecule has 1 aromatic rings. The molecule has 0 atom stereocenters. The Labute approximate surface area is 112 Å².